The lowest BCUT2D eigenvalue weighted by molar-refractivity contribution is -0.120. The van der Waals surface area contributed by atoms with E-state index in [4.69, 9.17) is 4.74 Å². The summed E-state index contributed by atoms with van der Waals surface area (Å²) in [6.07, 6.45) is 4.33. The molecule has 120 valence electrons. The Balaban J connectivity index is 2.05. The van der Waals surface area contributed by atoms with Crippen LogP contribution in [-0.2, 0) is 9.53 Å². The summed E-state index contributed by atoms with van der Waals surface area (Å²) in [6, 6.07) is 1.27. The molecule has 2 rings (SSSR count). The Morgan fingerprint density at radius 2 is 2.14 bits per heavy atom. The minimum absolute atomic E-state index is 0.183. The van der Waals surface area contributed by atoms with Gasteiger partial charge in [-0.1, -0.05) is 0 Å². The molecule has 1 fully saturated rings. The quantitative estimate of drug-likeness (QED) is 0.912. The highest BCUT2D eigenvalue weighted by Crippen LogP contribution is 2.22. The van der Waals surface area contributed by atoms with Gasteiger partial charge in [0.2, 0.25) is 5.91 Å². The van der Waals surface area contributed by atoms with Gasteiger partial charge in [0, 0.05) is 24.6 Å². The average molecular weight is 305 g/mol. The lowest BCUT2D eigenvalue weighted by Gasteiger charge is -2.28. The molecule has 0 aromatic carbocycles. The van der Waals surface area contributed by atoms with Gasteiger partial charge in [-0.05, 0) is 52.2 Å². The SMILES string of the molecule is Cc1cnccc1NC(=O)[C@@H]1CCCN1C(=O)OC(C)(C)C. The van der Waals surface area contributed by atoms with Crippen molar-refractivity contribution in [1.29, 1.82) is 0 Å². The normalized spacial score (nSPS) is 18.2. The Kier molecular flexibility index (Phi) is 4.68. The number of aryl methyl sites for hydroxylation is 1. The number of likely N-dealkylation sites (tertiary alicyclic amines) is 1. The van der Waals surface area contributed by atoms with Crippen molar-refractivity contribution in [2.75, 3.05) is 11.9 Å². The standard InChI is InChI=1S/C16H23N3O3/c1-11-10-17-8-7-12(11)18-14(20)13-6-5-9-19(13)15(21)22-16(2,3)4/h7-8,10,13H,5-6,9H2,1-4H3,(H,17,18,20)/t13-/m0/s1. The van der Waals surface area contributed by atoms with Gasteiger partial charge in [0.1, 0.15) is 11.6 Å². The zero-order valence-electron chi connectivity index (χ0n) is 13.5. The van der Waals surface area contributed by atoms with Crippen LogP contribution in [0, 0.1) is 6.92 Å². The van der Waals surface area contributed by atoms with Gasteiger partial charge in [-0.2, -0.15) is 0 Å². The van der Waals surface area contributed by atoms with Gasteiger partial charge in [-0.15, -0.1) is 0 Å². The van der Waals surface area contributed by atoms with Crippen LogP contribution in [0.3, 0.4) is 0 Å². The number of amides is 2. The highest BCUT2D eigenvalue weighted by atomic mass is 16.6. The van der Waals surface area contributed by atoms with E-state index in [1.54, 1.807) is 18.5 Å². The molecule has 0 radical (unpaired) electrons. The molecule has 2 amide bonds. The lowest BCUT2D eigenvalue weighted by atomic mass is 10.2. The number of pyridine rings is 1. The third kappa shape index (κ3) is 3.96. The second-order valence-electron chi connectivity index (χ2n) is 6.51. The first-order chi connectivity index (χ1) is 10.3. The Hall–Kier alpha value is -2.11. The minimum Gasteiger partial charge on any atom is -0.444 e. The van der Waals surface area contributed by atoms with Crippen molar-refractivity contribution < 1.29 is 14.3 Å². The number of hydrogen-bond donors (Lipinski definition) is 1. The van der Waals surface area contributed by atoms with E-state index >= 15 is 0 Å². The van der Waals surface area contributed by atoms with Gasteiger partial charge in [0.05, 0.1) is 0 Å². The van der Waals surface area contributed by atoms with Crippen LogP contribution in [-0.4, -0.2) is 40.1 Å². The molecule has 1 aromatic heterocycles. The summed E-state index contributed by atoms with van der Waals surface area (Å²) in [7, 11) is 0. The van der Waals surface area contributed by atoms with Crippen molar-refractivity contribution in [2.24, 2.45) is 0 Å². The first kappa shape index (κ1) is 16.3. The van der Waals surface area contributed by atoms with Crippen LogP contribution in [0.2, 0.25) is 0 Å². The van der Waals surface area contributed by atoms with E-state index in [0.717, 1.165) is 17.7 Å². The Morgan fingerprint density at radius 1 is 1.41 bits per heavy atom. The van der Waals surface area contributed by atoms with Gasteiger partial charge in [0.15, 0.2) is 0 Å². The zero-order valence-corrected chi connectivity index (χ0v) is 13.5. The number of ether oxygens (including phenoxy) is 1. The molecular weight excluding hydrogens is 282 g/mol. The number of rotatable bonds is 2. The number of carbonyl (C=O) groups excluding carboxylic acids is 2. The molecule has 0 spiro atoms. The van der Waals surface area contributed by atoms with Gasteiger partial charge < -0.3 is 10.1 Å². The number of aromatic nitrogens is 1. The van der Waals surface area contributed by atoms with Crippen molar-refractivity contribution in [3.05, 3.63) is 24.0 Å². The molecular formula is C16H23N3O3. The maximum Gasteiger partial charge on any atom is 0.410 e. The van der Waals surface area contributed by atoms with Crippen LogP contribution in [0.15, 0.2) is 18.5 Å². The molecule has 1 aromatic rings. The molecule has 0 unspecified atom stereocenters. The molecule has 1 aliphatic rings. The van der Waals surface area contributed by atoms with E-state index in [-0.39, 0.29) is 5.91 Å². The monoisotopic (exact) mass is 305 g/mol. The third-order valence-corrected chi connectivity index (χ3v) is 3.46. The number of nitrogens with zero attached hydrogens (tertiary/aromatic N) is 2. The summed E-state index contributed by atoms with van der Waals surface area (Å²) in [4.78, 5) is 30.2. The van der Waals surface area contributed by atoms with Crippen molar-refractivity contribution in [3.8, 4) is 0 Å². The van der Waals surface area contributed by atoms with Gasteiger partial charge in [-0.25, -0.2) is 4.79 Å². The van der Waals surface area contributed by atoms with Crippen LogP contribution in [0.5, 0.6) is 0 Å². The van der Waals surface area contributed by atoms with E-state index in [1.807, 2.05) is 27.7 Å². The second-order valence-corrected chi connectivity index (χ2v) is 6.51. The van der Waals surface area contributed by atoms with Crippen LogP contribution in [0.4, 0.5) is 10.5 Å². The molecule has 1 saturated heterocycles. The molecule has 0 aliphatic carbocycles. The molecule has 1 aliphatic heterocycles. The van der Waals surface area contributed by atoms with Crippen LogP contribution < -0.4 is 5.32 Å². The van der Waals surface area contributed by atoms with Gasteiger partial charge in [0.25, 0.3) is 0 Å². The van der Waals surface area contributed by atoms with Crippen molar-refractivity contribution in [2.45, 2.75) is 52.2 Å². The van der Waals surface area contributed by atoms with E-state index in [0.29, 0.717) is 13.0 Å². The third-order valence-electron chi connectivity index (χ3n) is 3.46. The van der Waals surface area contributed by atoms with E-state index in [9.17, 15) is 9.59 Å². The largest absolute Gasteiger partial charge is 0.444 e. The van der Waals surface area contributed by atoms with Crippen LogP contribution in [0.1, 0.15) is 39.2 Å². The number of hydrogen-bond acceptors (Lipinski definition) is 4. The number of anilines is 1. The van der Waals surface area contributed by atoms with Crippen molar-refractivity contribution in [1.82, 2.24) is 9.88 Å². The van der Waals surface area contributed by atoms with Crippen LogP contribution >= 0.6 is 0 Å². The molecule has 1 N–H and O–H groups in total. The fourth-order valence-corrected chi connectivity index (χ4v) is 2.41. The second kappa shape index (κ2) is 6.34. The van der Waals surface area contributed by atoms with Crippen LogP contribution in [0.25, 0.3) is 0 Å². The smallest absolute Gasteiger partial charge is 0.410 e. The number of nitrogens with one attached hydrogen (secondary N) is 1. The molecule has 6 nitrogen and oxygen atoms in total. The van der Waals surface area contributed by atoms with E-state index < -0.39 is 17.7 Å². The Labute approximate surface area is 130 Å². The summed E-state index contributed by atoms with van der Waals surface area (Å²) in [5.41, 5.74) is 1.04. The summed E-state index contributed by atoms with van der Waals surface area (Å²) in [5, 5.41) is 2.87. The maximum atomic E-state index is 12.5. The Morgan fingerprint density at radius 3 is 2.77 bits per heavy atom. The predicted octanol–water partition coefficient (Wildman–Crippen LogP) is 2.73. The molecule has 6 heteroatoms. The summed E-state index contributed by atoms with van der Waals surface area (Å²) < 4.78 is 5.37. The summed E-state index contributed by atoms with van der Waals surface area (Å²) >= 11 is 0. The first-order valence-corrected chi connectivity index (χ1v) is 7.49. The molecule has 2 heterocycles. The highest BCUT2D eigenvalue weighted by Gasteiger charge is 2.36. The van der Waals surface area contributed by atoms with Gasteiger partial charge in [-0.3, -0.25) is 14.7 Å². The number of carbonyl (C=O) groups is 2. The highest BCUT2D eigenvalue weighted by molar-refractivity contribution is 5.97. The predicted molar refractivity (Wildman–Crippen MR) is 83.6 cm³/mol. The molecule has 0 saturated carbocycles. The molecule has 1 atom stereocenters. The Bertz CT molecular complexity index is 566. The summed E-state index contributed by atoms with van der Waals surface area (Å²) in [5.74, 6) is -0.183. The fourth-order valence-electron chi connectivity index (χ4n) is 2.41. The topological polar surface area (TPSA) is 71.5 Å². The minimum atomic E-state index is -0.567. The average Bonchev–Trinajstić information content (AvgIpc) is 2.89. The lowest BCUT2D eigenvalue weighted by Crippen LogP contribution is -2.45. The van der Waals surface area contributed by atoms with Gasteiger partial charge >= 0.3 is 6.09 Å². The summed E-state index contributed by atoms with van der Waals surface area (Å²) in [6.45, 7) is 7.87. The first-order valence-electron chi connectivity index (χ1n) is 7.49. The van der Waals surface area contributed by atoms with Crippen molar-refractivity contribution >= 4 is 17.7 Å². The molecule has 0 bridgehead atoms. The van der Waals surface area contributed by atoms with Crippen molar-refractivity contribution in [3.63, 3.8) is 0 Å². The van der Waals surface area contributed by atoms with E-state index in [1.165, 1.54) is 4.90 Å². The maximum absolute atomic E-state index is 12.5. The van der Waals surface area contributed by atoms with E-state index in [2.05, 4.69) is 10.3 Å². The molecule has 22 heavy (non-hydrogen) atoms. The fraction of sp³-hybridized carbons (Fsp3) is 0.562. The zero-order chi connectivity index (χ0) is 16.3.